The van der Waals surface area contributed by atoms with Crippen molar-refractivity contribution < 1.29 is 18.0 Å². The molecule has 0 aliphatic heterocycles. The topological polar surface area (TPSA) is 41.1 Å². The van der Waals surface area contributed by atoms with E-state index in [1.165, 1.54) is 12.1 Å². The summed E-state index contributed by atoms with van der Waals surface area (Å²) in [7, 11) is 0. The standard InChI is InChI=1S/C16H15F3N2O/c1-11-4-2-7-14(8-11)21-15(22)20-10-12-5-3-6-13(9-12)16(17,18)19/h2-9H,10H2,1H3,(H2,20,21,22). The third kappa shape index (κ3) is 4.51. The second-order valence-electron chi connectivity index (χ2n) is 4.88. The summed E-state index contributed by atoms with van der Waals surface area (Å²) in [6.45, 7) is 1.91. The number of anilines is 1. The zero-order valence-electron chi connectivity index (χ0n) is 11.9. The predicted molar refractivity (Wildman–Crippen MR) is 78.5 cm³/mol. The maximum absolute atomic E-state index is 12.6. The molecule has 3 nitrogen and oxygen atoms in total. The van der Waals surface area contributed by atoms with E-state index in [9.17, 15) is 18.0 Å². The predicted octanol–water partition coefficient (Wildman–Crippen LogP) is 4.34. The first-order chi connectivity index (χ1) is 10.3. The van der Waals surface area contributed by atoms with Gasteiger partial charge in [-0.3, -0.25) is 0 Å². The average molecular weight is 308 g/mol. The maximum Gasteiger partial charge on any atom is 0.416 e. The summed E-state index contributed by atoms with van der Waals surface area (Å²) in [5.74, 6) is 0. The molecule has 0 saturated carbocycles. The van der Waals surface area contributed by atoms with Gasteiger partial charge in [0.2, 0.25) is 0 Å². The van der Waals surface area contributed by atoms with E-state index in [0.717, 1.165) is 17.7 Å². The second kappa shape index (κ2) is 6.51. The molecule has 0 bridgehead atoms. The van der Waals surface area contributed by atoms with Crippen LogP contribution in [0, 0.1) is 6.92 Å². The number of carbonyl (C=O) groups excluding carboxylic acids is 1. The van der Waals surface area contributed by atoms with E-state index >= 15 is 0 Å². The van der Waals surface area contributed by atoms with Gasteiger partial charge in [-0.25, -0.2) is 4.79 Å². The molecule has 0 aromatic heterocycles. The van der Waals surface area contributed by atoms with Crippen LogP contribution in [0.25, 0.3) is 0 Å². The summed E-state index contributed by atoms with van der Waals surface area (Å²) in [4.78, 5) is 11.7. The summed E-state index contributed by atoms with van der Waals surface area (Å²) < 4.78 is 37.8. The van der Waals surface area contributed by atoms with E-state index in [0.29, 0.717) is 11.3 Å². The van der Waals surface area contributed by atoms with Gasteiger partial charge in [-0.2, -0.15) is 13.2 Å². The fourth-order valence-corrected chi connectivity index (χ4v) is 1.94. The highest BCUT2D eigenvalue weighted by Gasteiger charge is 2.30. The molecule has 0 atom stereocenters. The number of urea groups is 1. The summed E-state index contributed by atoms with van der Waals surface area (Å²) >= 11 is 0. The third-order valence-corrected chi connectivity index (χ3v) is 2.98. The molecule has 0 aliphatic rings. The minimum atomic E-state index is -4.39. The van der Waals surface area contributed by atoms with Crippen molar-refractivity contribution in [2.24, 2.45) is 0 Å². The van der Waals surface area contributed by atoms with Crippen LogP contribution in [0.1, 0.15) is 16.7 Å². The van der Waals surface area contributed by atoms with Gasteiger partial charge >= 0.3 is 12.2 Å². The average Bonchev–Trinajstić information content (AvgIpc) is 2.45. The molecule has 0 saturated heterocycles. The molecule has 2 aromatic carbocycles. The first-order valence-electron chi connectivity index (χ1n) is 6.62. The monoisotopic (exact) mass is 308 g/mol. The summed E-state index contributed by atoms with van der Waals surface area (Å²) in [5, 5.41) is 5.15. The first kappa shape index (κ1) is 15.9. The highest BCUT2D eigenvalue weighted by atomic mass is 19.4. The van der Waals surface area contributed by atoms with Crippen LogP contribution in [-0.2, 0) is 12.7 Å². The Bertz CT molecular complexity index is 668. The van der Waals surface area contributed by atoms with Gasteiger partial charge in [-0.15, -0.1) is 0 Å². The largest absolute Gasteiger partial charge is 0.416 e. The number of amides is 2. The smallest absolute Gasteiger partial charge is 0.334 e. The van der Waals surface area contributed by atoms with Crippen LogP contribution >= 0.6 is 0 Å². The molecule has 6 heteroatoms. The molecular formula is C16H15F3N2O. The zero-order valence-corrected chi connectivity index (χ0v) is 11.9. The van der Waals surface area contributed by atoms with Crippen LogP contribution in [0.4, 0.5) is 23.7 Å². The van der Waals surface area contributed by atoms with Crippen molar-refractivity contribution in [3.63, 3.8) is 0 Å². The number of aryl methyl sites for hydroxylation is 1. The van der Waals surface area contributed by atoms with Gasteiger partial charge in [0.15, 0.2) is 0 Å². The number of alkyl halides is 3. The van der Waals surface area contributed by atoms with E-state index in [1.807, 2.05) is 13.0 Å². The molecule has 0 aliphatic carbocycles. The Labute approximate surface area is 126 Å². The van der Waals surface area contributed by atoms with E-state index in [2.05, 4.69) is 10.6 Å². The lowest BCUT2D eigenvalue weighted by molar-refractivity contribution is -0.137. The van der Waals surface area contributed by atoms with Crippen molar-refractivity contribution in [3.05, 3.63) is 65.2 Å². The number of nitrogens with one attached hydrogen (secondary N) is 2. The van der Waals surface area contributed by atoms with Crippen LogP contribution in [0.15, 0.2) is 48.5 Å². The molecule has 0 spiro atoms. The summed E-state index contributed by atoms with van der Waals surface area (Å²) in [6.07, 6.45) is -4.39. The number of benzene rings is 2. The SMILES string of the molecule is Cc1cccc(NC(=O)NCc2cccc(C(F)(F)F)c2)c1. The maximum atomic E-state index is 12.6. The fourth-order valence-electron chi connectivity index (χ4n) is 1.94. The van der Waals surface area contributed by atoms with Crippen molar-refractivity contribution in [3.8, 4) is 0 Å². The van der Waals surface area contributed by atoms with Crippen molar-refractivity contribution in [2.45, 2.75) is 19.6 Å². The molecule has 2 aromatic rings. The molecular weight excluding hydrogens is 293 g/mol. The minimum Gasteiger partial charge on any atom is -0.334 e. The lowest BCUT2D eigenvalue weighted by atomic mass is 10.1. The van der Waals surface area contributed by atoms with Gasteiger partial charge < -0.3 is 10.6 Å². The quantitative estimate of drug-likeness (QED) is 0.870. The van der Waals surface area contributed by atoms with Gasteiger partial charge in [0.25, 0.3) is 0 Å². The van der Waals surface area contributed by atoms with E-state index < -0.39 is 17.8 Å². The Hall–Kier alpha value is -2.50. The van der Waals surface area contributed by atoms with Crippen LogP contribution in [0.2, 0.25) is 0 Å². The Balaban J connectivity index is 1.94. The van der Waals surface area contributed by atoms with E-state index in [4.69, 9.17) is 0 Å². The molecule has 0 unspecified atom stereocenters. The number of hydrogen-bond donors (Lipinski definition) is 2. The Morgan fingerprint density at radius 2 is 1.82 bits per heavy atom. The van der Waals surface area contributed by atoms with Gasteiger partial charge in [0.05, 0.1) is 5.56 Å². The molecule has 0 radical (unpaired) electrons. The highest BCUT2D eigenvalue weighted by Crippen LogP contribution is 2.29. The van der Waals surface area contributed by atoms with Crippen molar-refractivity contribution in [1.82, 2.24) is 5.32 Å². The van der Waals surface area contributed by atoms with Gasteiger partial charge in [-0.1, -0.05) is 24.3 Å². The molecule has 22 heavy (non-hydrogen) atoms. The molecule has 0 heterocycles. The lowest BCUT2D eigenvalue weighted by Gasteiger charge is -2.10. The number of hydrogen-bond acceptors (Lipinski definition) is 1. The summed E-state index contributed by atoms with van der Waals surface area (Å²) in [5.41, 5.74) is 1.28. The second-order valence-corrected chi connectivity index (χ2v) is 4.88. The van der Waals surface area contributed by atoms with Crippen LogP contribution in [0.3, 0.4) is 0 Å². The Morgan fingerprint density at radius 1 is 1.09 bits per heavy atom. The number of carbonyl (C=O) groups is 1. The highest BCUT2D eigenvalue weighted by molar-refractivity contribution is 5.89. The molecule has 2 amide bonds. The molecule has 2 N–H and O–H groups in total. The number of rotatable bonds is 3. The van der Waals surface area contributed by atoms with Crippen molar-refractivity contribution >= 4 is 11.7 Å². The van der Waals surface area contributed by atoms with Crippen LogP contribution in [0.5, 0.6) is 0 Å². The molecule has 116 valence electrons. The van der Waals surface area contributed by atoms with Crippen molar-refractivity contribution in [1.29, 1.82) is 0 Å². The lowest BCUT2D eigenvalue weighted by Crippen LogP contribution is -2.28. The Morgan fingerprint density at radius 3 is 2.50 bits per heavy atom. The van der Waals surface area contributed by atoms with E-state index in [-0.39, 0.29) is 6.54 Å². The minimum absolute atomic E-state index is 0.0154. The van der Waals surface area contributed by atoms with Crippen LogP contribution in [-0.4, -0.2) is 6.03 Å². The molecule has 0 fully saturated rings. The zero-order chi connectivity index (χ0) is 16.2. The summed E-state index contributed by atoms with van der Waals surface area (Å²) in [6, 6.07) is 11.6. The van der Waals surface area contributed by atoms with Gasteiger partial charge in [0.1, 0.15) is 0 Å². The third-order valence-electron chi connectivity index (χ3n) is 2.98. The normalized spacial score (nSPS) is 11.1. The van der Waals surface area contributed by atoms with Gasteiger partial charge in [0, 0.05) is 12.2 Å². The van der Waals surface area contributed by atoms with E-state index in [1.54, 1.807) is 18.2 Å². The fraction of sp³-hybridized carbons (Fsp3) is 0.188. The number of halogens is 3. The van der Waals surface area contributed by atoms with Gasteiger partial charge in [-0.05, 0) is 42.3 Å². The Kier molecular flexibility index (Phi) is 4.70. The van der Waals surface area contributed by atoms with Crippen molar-refractivity contribution in [2.75, 3.05) is 5.32 Å². The van der Waals surface area contributed by atoms with Crippen LogP contribution < -0.4 is 10.6 Å². The first-order valence-corrected chi connectivity index (χ1v) is 6.62. The molecule has 2 rings (SSSR count).